The van der Waals surface area contributed by atoms with Crippen LogP contribution in [0.4, 0.5) is 0 Å². The highest BCUT2D eigenvalue weighted by Gasteiger charge is 2.23. The van der Waals surface area contributed by atoms with Gasteiger partial charge in [-0.1, -0.05) is 34.1 Å². The van der Waals surface area contributed by atoms with Gasteiger partial charge >= 0.3 is 0 Å². The first-order valence-electron chi connectivity index (χ1n) is 4.94. The van der Waals surface area contributed by atoms with E-state index in [9.17, 15) is 10.1 Å². The van der Waals surface area contributed by atoms with Crippen LogP contribution in [0.25, 0.3) is 0 Å². The van der Waals surface area contributed by atoms with Crippen LogP contribution in [-0.4, -0.2) is 5.78 Å². The Balaban J connectivity index is 2.39. The van der Waals surface area contributed by atoms with E-state index in [1.54, 1.807) is 17.5 Å². The molecule has 1 aromatic carbocycles. The summed E-state index contributed by atoms with van der Waals surface area (Å²) in [7, 11) is 0. The van der Waals surface area contributed by atoms with Gasteiger partial charge in [-0.2, -0.15) is 16.6 Å². The van der Waals surface area contributed by atoms with Crippen LogP contribution < -0.4 is 0 Å². The number of Topliss-reactive ketones (excluding diaryl/α,β-unsaturated/α-hetero) is 1. The summed E-state index contributed by atoms with van der Waals surface area (Å²) in [6.45, 7) is 0. The Morgan fingerprint density at radius 3 is 2.71 bits per heavy atom. The fourth-order valence-electron chi connectivity index (χ4n) is 1.55. The zero-order valence-electron chi connectivity index (χ0n) is 8.76. The number of carbonyl (C=O) groups excluding carboxylic acids is 1. The molecule has 1 unspecified atom stereocenters. The van der Waals surface area contributed by atoms with Gasteiger partial charge in [0, 0.05) is 15.4 Å². The number of ketones is 1. The van der Waals surface area contributed by atoms with Crippen LogP contribution in [0.3, 0.4) is 0 Å². The first kappa shape index (κ1) is 12.0. The highest BCUT2D eigenvalue weighted by atomic mass is 79.9. The Morgan fingerprint density at radius 1 is 1.35 bits per heavy atom. The van der Waals surface area contributed by atoms with Gasteiger partial charge in [-0.3, -0.25) is 4.79 Å². The molecule has 0 aliphatic carbocycles. The Labute approximate surface area is 112 Å². The molecule has 84 valence electrons. The first-order valence-corrected chi connectivity index (χ1v) is 6.68. The second kappa shape index (κ2) is 5.26. The highest BCUT2D eigenvalue weighted by molar-refractivity contribution is 9.10. The zero-order chi connectivity index (χ0) is 12.3. The molecule has 1 atom stereocenters. The summed E-state index contributed by atoms with van der Waals surface area (Å²) in [6, 6.07) is 11.1. The second-order valence-corrected chi connectivity index (χ2v) is 5.09. The smallest absolute Gasteiger partial charge is 0.185 e. The molecule has 0 radical (unpaired) electrons. The quantitative estimate of drug-likeness (QED) is 0.804. The van der Waals surface area contributed by atoms with E-state index in [2.05, 4.69) is 22.0 Å². The van der Waals surface area contributed by atoms with Crippen molar-refractivity contribution in [3.8, 4) is 6.07 Å². The predicted octanol–water partition coefficient (Wildman–Crippen LogP) is 4.00. The minimum Gasteiger partial charge on any atom is -0.292 e. The summed E-state index contributed by atoms with van der Waals surface area (Å²) >= 11 is 4.82. The molecule has 2 nitrogen and oxygen atoms in total. The summed E-state index contributed by atoms with van der Waals surface area (Å²) in [4.78, 5) is 12.2. The number of halogens is 1. The Bertz CT molecular complexity index is 571. The molecule has 0 N–H and O–H groups in total. The molecule has 0 fully saturated rings. The number of nitriles is 1. The van der Waals surface area contributed by atoms with E-state index in [-0.39, 0.29) is 5.78 Å². The molecule has 4 heteroatoms. The molecule has 0 bridgehead atoms. The van der Waals surface area contributed by atoms with Crippen molar-refractivity contribution in [3.63, 3.8) is 0 Å². The molecule has 2 aromatic rings. The van der Waals surface area contributed by atoms with E-state index in [0.717, 1.165) is 4.47 Å². The van der Waals surface area contributed by atoms with Gasteiger partial charge in [0.05, 0.1) is 6.07 Å². The SMILES string of the molecule is N#CC(C(=O)c1ccsc1)c1ccccc1Br. The standard InChI is InChI=1S/C13H8BrNOS/c14-12-4-2-1-3-10(12)11(7-15)13(16)9-5-6-17-8-9/h1-6,8,11H. The molecular weight excluding hydrogens is 298 g/mol. The van der Waals surface area contributed by atoms with Crippen LogP contribution in [-0.2, 0) is 0 Å². The fourth-order valence-corrected chi connectivity index (χ4v) is 2.71. The molecule has 1 aromatic heterocycles. The molecule has 0 saturated heterocycles. The van der Waals surface area contributed by atoms with Gasteiger partial charge in [0.2, 0.25) is 0 Å². The van der Waals surface area contributed by atoms with Gasteiger partial charge in [-0.25, -0.2) is 0 Å². The Morgan fingerprint density at radius 2 is 2.12 bits per heavy atom. The third kappa shape index (κ3) is 2.46. The number of hydrogen-bond donors (Lipinski definition) is 0. The summed E-state index contributed by atoms with van der Waals surface area (Å²) < 4.78 is 0.787. The molecule has 0 spiro atoms. The minimum atomic E-state index is -0.750. The predicted molar refractivity (Wildman–Crippen MR) is 71.1 cm³/mol. The van der Waals surface area contributed by atoms with E-state index in [0.29, 0.717) is 11.1 Å². The van der Waals surface area contributed by atoms with Crippen LogP contribution >= 0.6 is 27.3 Å². The lowest BCUT2D eigenvalue weighted by atomic mass is 9.93. The molecule has 0 aliphatic rings. The van der Waals surface area contributed by atoms with E-state index in [1.807, 2.05) is 23.6 Å². The largest absolute Gasteiger partial charge is 0.292 e. The number of hydrogen-bond acceptors (Lipinski definition) is 3. The van der Waals surface area contributed by atoms with Gasteiger partial charge in [0.25, 0.3) is 0 Å². The van der Waals surface area contributed by atoms with E-state index in [1.165, 1.54) is 11.3 Å². The molecular formula is C13H8BrNOS. The van der Waals surface area contributed by atoms with Crippen LogP contribution in [0.15, 0.2) is 45.6 Å². The van der Waals surface area contributed by atoms with Crippen LogP contribution in [0, 0.1) is 11.3 Å². The van der Waals surface area contributed by atoms with E-state index < -0.39 is 5.92 Å². The molecule has 0 aliphatic heterocycles. The normalized spacial score (nSPS) is 11.8. The number of thiophene rings is 1. The van der Waals surface area contributed by atoms with E-state index >= 15 is 0 Å². The van der Waals surface area contributed by atoms with Gasteiger partial charge < -0.3 is 0 Å². The molecule has 1 heterocycles. The lowest BCUT2D eigenvalue weighted by Crippen LogP contribution is -2.10. The third-order valence-electron chi connectivity index (χ3n) is 2.41. The van der Waals surface area contributed by atoms with Crippen molar-refractivity contribution in [1.29, 1.82) is 5.26 Å². The number of rotatable bonds is 3. The maximum Gasteiger partial charge on any atom is 0.185 e. The Kier molecular flexibility index (Phi) is 3.72. The average Bonchev–Trinajstić information content (AvgIpc) is 2.86. The van der Waals surface area contributed by atoms with Crippen molar-refractivity contribution >= 4 is 33.0 Å². The number of nitrogens with zero attached hydrogens (tertiary/aromatic N) is 1. The topological polar surface area (TPSA) is 40.9 Å². The second-order valence-electron chi connectivity index (χ2n) is 3.46. The van der Waals surface area contributed by atoms with Gasteiger partial charge in [0.1, 0.15) is 5.92 Å². The van der Waals surface area contributed by atoms with Crippen molar-refractivity contribution in [3.05, 3.63) is 56.7 Å². The van der Waals surface area contributed by atoms with Crippen molar-refractivity contribution in [2.45, 2.75) is 5.92 Å². The summed E-state index contributed by atoms with van der Waals surface area (Å²) in [5, 5.41) is 12.8. The average molecular weight is 306 g/mol. The van der Waals surface area contributed by atoms with Crippen molar-refractivity contribution in [2.75, 3.05) is 0 Å². The van der Waals surface area contributed by atoms with Crippen LogP contribution in [0.5, 0.6) is 0 Å². The Hall–Kier alpha value is -1.44. The zero-order valence-corrected chi connectivity index (χ0v) is 11.2. The number of benzene rings is 1. The highest BCUT2D eigenvalue weighted by Crippen LogP contribution is 2.27. The van der Waals surface area contributed by atoms with Crippen molar-refractivity contribution in [2.24, 2.45) is 0 Å². The summed E-state index contributed by atoms with van der Waals surface area (Å²) in [5.41, 5.74) is 1.31. The molecule has 0 amide bonds. The number of carbonyl (C=O) groups is 1. The van der Waals surface area contributed by atoms with Crippen molar-refractivity contribution in [1.82, 2.24) is 0 Å². The van der Waals surface area contributed by atoms with Gasteiger partial charge in [0.15, 0.2) is 5.78 Å². The lowest BCUT2D eigenvalue weighted by Gasteiger charge is -2.09. The first-order chi connectivity index (χ1) is 8.24. The monoisotopic (exact) mass is 305 g/mol. The maximum absolute atomic E-state index is 12.2. The third-order valence-corrected chi connectivity index (χ3v) is 3.82. The minimum absolute atomic E-state index is 0.152. The van der Waals surface area contributed by atoms with Gasteiger partial charge in [-0.05, 0) is 23.1 Å². The van der Waals surface area contributed by atoms with Gasteiger partial charge in [-0.15, -0.1) is 0 Å². The molecule has 17 heavy (non-hydrogen) atoms. The summed E-state index contributed by atoms with van der Waals surface area (Å²) in [6.07, 6.45) is 0. The van der Waals surface area contributed by atoms with Crippen LogP contribution in [0.2, 0.25) is 0 Å². The maximum atomic E-state index is 12.2. The lowest BCUT2D eigenvalue weighted by molar-refractivity contribution is 0.0979. The van der Waals surface area contributed by atoms with Crippen LogP contribution in [0.1, 0.15) is 21.8 Å². The van der Waals surface area contributed by atoms with E-state index in [4.69, 9.17) is 0 Å². The fraction of sp³-hybridized carbons (Fsp3) is 0.0769. The molecule has 2 rings (SSSR count). The summed E-state index contributed by atoms with van der Waals surface area (Å²) in [5.74, 6) is -0.902. The molecule has 0 saturated carbocycles. The van der Waals surface area contributed by atoms with Crippen molar-refractivity contribution < 1.29 is 4.79 Å².